The van der Waals surface area contributed by atoms with Crippen molar-refractivity contribution in [1.29, 1.82) is 5.26 Å². The zero-order valence-electron chi connectivity index (χ0n) is 31.7. The number of hydrogen-bond acceptors (Lipinski definition) is 2. The fourth-order valence-electron chi connectivity index (χ4n) is 8.10. The van der Waals surface area contributed by atoms with Crippen LogP contribution in [0.2, 0.25) is 0 Å². The van der Waals surface area contributed by atoms with Gasteiger partial charge in [0.15, 0.2) is 0 Å². The standard InChI is InChI=1S/C55H37N3/c56-38-39-17-19-41(20-18-39)42-21-23-43(24-22-42)45-27-33-49(34-28-45)57(48-31-25-44(26-32-48)40-9-2-1-3-10-40)50-35-29-46(30-36-50)47-11-8-12-51(37-47)58-54-15-6-4-13-52(54)53-14-5-7-16-55(53)58/h1-37H. The van der Waals surface area contributed by atoms with Crippen molar-refractivity contribution >= 4 is 38.9 Å². The lowest BCUT2D eigenvalue weighted by Gasteiger charge is -2.26. The van der Waals surface area contributed by atoms with Crippen molar-refractivity contribution in [3.8, 4) is 56.3 Å². The molecule has 0 radical (unpaired) electrons. The molecule has 0 N–H and O–H groups in total. The van der Waals surface area contributed by atoms with E-state index in [4.69, 9.17) is 0 Å². The molecule has 10 rings (SSSR count). The average Bonchev–Trinajstić information content (AvgIpc) is 3.65. The number of para-hydroxylation sites is 2. The summed E-state index contributed by atoms with van der Waals surface area (Å²) in [5.41, 5.74) is 16.7. The molecule has 0 spiro atoms. The quantitative estimate of drug-likeness (QED) is 0.155. The Balaban J connectivity index is 0.983. The van der Waals surface area contributed by atoms with Crippen LogP contribution in [0.3, 0.4) is 0 Å². The Morgan fingerprint density at radius 2 is 0.690 bits per heavy atom. The number of nitriles is 1. The molecule has 1 aromatic heterocycles. The zero-order valence-corrected chi connectivity index (χ0v) is 31.7. The molecule has 0 saturated heterocycles. The first-order valence-corrected chi connectivity index (χ1v) is 19.6. The lowest BCUT2D eigenvalue weighted by atomic mass is 9.99. The predicted octanol–water partition coefficient (Wildman–Crippen LogP) is 14.8. The fourth-order valence-corrected chi connectivity index (χ4v) is 8.10. The van der Waals surface area contributed by atoms with Gasteiger partial charge in [-0.05, 0) is 117 Å². The molecule has 9 aromatic carbocycles. The van der Waals surface area contributed by atoms with Gasteiger partial charge in [-0.3, -0.25) is 0 Å². The second kappa shape index (κ2) is 15.0. The highest BCUT2D eigenvalue weighted by atomic mass is 15.1. The van der Waals surface area contributed by atoms with Gasteiger partial charge in [-0.2, -0.15) is 5.26 Å². The van der Waals surface area contributed by atoms with Crippen molar-refractivity contribution in [2.45, 2.75) is 0 Å². The predicted molar refractivity (Wildman–Crippen MR) is 242 cm³/mol. The van der Waals surface area contributed by atoms with Gasteiger partial charge >= 0.3 is 0 Å². The molecular formula is C55H37N3. The second-order valence-electron chi connectivity index (χ2n) is 14.5. The number of benzene rings is 9. The lowest BCUT2D eigenvalue weighted by molar-refractivity contribution is 1.18. The Morgan fingerprint density at radius 1 is 0.328 bits per heavy atom. The summed E-state index contributed by atoms with van der Waals surface area (Å²) in [5.74, 6) is 0. The van der Waals surface area contributed by atoms with Crippen molar-refractivity contribution in [3.05, 3.63) is 230 Å². The first kappa shape index (κ1) is 34.6. The molecule has 10 aromatic rings. The zero-order chi connectivity index (χ0) is 38.8. The highest BCUT2D eigenvalue weighted by molar-refractivity contribution is 6.09. The molecule has 58 heavy (non-hydrogen) atoms. The molecular weight excluding hydrogens is 703 g/mol. The maximum absolute atomic E-state index is 9.18. The van der Waals surface area contributed by atoms with Crippen molar-refractivity contribution in [2.24, 2.45) is 0 Å². The van der Waals surface area contributed by atoms with Gasteiger partial charge in [0.25, 0.3) is 0 Å². The molecule has 3 heteroatoms. The van der Waals surface area contributed by atoms with Crippen molar-refractivity contribution in [2.75, 3.05) is 4.90 Å². The molecule has 0 saturated carbocycles. The van der Waals surface area contributed by atoms with E-state index in [1.54, 1.807) is 0 Å². The van der Waals surface area contributed by atoms with Crippen molar-refractivity contribution < 1.29 is 0 Å². The molecule has 0 aliphatic heterocycles. The minimum Gasteiger partial charge on any atom is -0.311 e. The summed E-state index contributed by atoms with van der Waals surface area (Å²) >= 11 is 0. The molecule has 3 nitrogen and oxygen atoms in total. The maximum Gasteiger partial charge on any atom is 0.0991 e. The van der Waals surface area contributed by atoms with Crippen LogP contribution < -0.4 is 4.90 Å². The number of nitrogens with zero attached hydrogens (tertiary/aromatic N) is 3. The number of fused-ring (bicyclic) bond motifs is 3. The third-order valence-corrected chi connectivity index (χ3v) is 11.1. The first-order valence-electron chi connectivity index (χ1n) is 19.6. The van der Waals surface area contributed by atoms with Crippen LogP contribution >= 0.6 is 0 Å². The van der Waals surface area contributed by atoms with Crippen LogP contribution in [0.25, 0.3) is 72.0 Å². The number of hydrogen-bond donors (Lipinski definition) is 0. The van der Waals surface area contributed by atoms with Crippen LogP contribution in [0, 0.1) is 11.3 Å². The van der Waals surface area contributed by atoms with Crippen LogP contribution in [0.5, 0.6) is 0 Å². The summed E-state index contributed by atoms with van der Waals surface area (Å²) in [7, 11) is 0. The van der Waals surface area contributed by atoms with E-state index in [-0.39, 0.29) is 0 Å². The van der Waals surface area contributed by atoms with E-state index >= 15 is 0 Å². The summed E-state index contributed by atoms with van der Waals surface area (Å²) < 4.78 is 2.37. The van der Waals surface area contributed by atoms with Crippen LogP contribution in [0.4, 0.5) is 17.1 Å². The topological polar surface area (TPSA) is 32.0 Å². The van der Waals surface area contributed by atoms with E-state index in [2.05, 4.69) is 216 Å². The average molecular weight is 740 g/mol. The largest absolute Gasteiger partial charge is 0.311 e. The molecule has 1 heterocycles. The Morgan fingerprint density at radius 3 is 1.16 bits per heavy atom. The van der Waals surface area contributed by atoms with Gasteiger partial charge in [-0.15, -0.1) is 0 Å². The van der Waals surface area contributed by atoms with Gasteiger partial charge in [0, 0.05) is 33.5 Å². The van der Waals surface area contributed by atoms with Crippen LogP contribution in [-0.4, -0.2) is 4.57 Å². The summed E-state index contributed by atoms with van der Waals surface area (Å²) in [6.07, 6.45) is 0. The van der Waals surface area contributed by atoms with E-state index in [1.165, 1.54) is 38.5 Å². The molecule has 0 aliphatic rings. The highest BCUT2D eigenvalue weighted by Gasteiger charge is 2.15. The van der Waals surface area contributed by atoms with Crippen molar-refractivity contribution in [3.63, 3.8) is 0 Å². The van der Waals surface area contributed by atoms with E-state index in [0.29, 0.717) is 5.56 Å². The lowest BCUT2D eigenvalue weighted by Crippen LogP contribution is -2.09. The van der Waals surface area contributed by atoms with Gasteiger partial charge in [0.05, 0.1) is 22.7 Å². The smallest absolute Gasteiger partial charge is 0.0991 e. The Kier molecular flexibility index (Phi) is 8.91. The van der Waals surface area contributed by atoms with Gasteiger partial charge in [0.1, 0.15) is 0 Å². The molecule has 0 fully saturated rings. The Labute approximate surface area is 338 Å². The van der Waals surface area contributed by atoms with Gasteiger partial charge < -0.3 is 9.47 Å². The first-order chi connectivity index (χ1) is 28.7. The Hall–Kier alpha value is -7.93. The fraction of sp³-hybridized carbons (Fsp3) is 0. The van der Waals surface area contributed by atoms with E-state index < -0.39 is 0 Å². The molecule has 272 valence electrons. The maximum atomic E-state index is 9.18. The van der Waals surface area contributed by atoms with E-state index in [0.717, 1.165) is 50.6 Å². The SMILES string of the molecule is N#Cc1ccc(-c2ccc(-c3ccc(N(c4ccc(-c5ccccc5)cc4)c4ccc(-c5cccc(-n6c7ccccc7c7ccccc76)c5)cc4)cc3)cc2)cc1. The number of rotatable bonds is 8. The Bertz CT molecular complexity index is 3010. The third-order valence-electron chi connectivity index (χ3n) is 11.1. The third kappa shape index (κ3) is 6.49. The minimum atomic E-state index is 0.666. The van der Waals surface area contributed by atoms with Gasteiger partial charge in [-0.25, -0.2) is 0 Å². The van der Waals surface area contributed by atoms with Crippen LogP contribution in [-0.2, 0) is 0 Å². The summed E-state index contributed by atoms with van der Waals surface area (Å²) in [5, 5.41) is 11.7. The number of aromatic nitrogens is 1. The molecule has 0 atom stereocenters. The van der Waals surface area contributed by atoms with Crippen molar-refractivity contribution in [1.82, 2.24) is 4.57 Å². The highest BCUT2D eigenvalue weighted by Crippen LogP contribution is 2.39. The molecule has 0 unspecified atom stereocenters. The summed E-state index contributed by atoms with van der Waals surface area (Å²) in [4.78, 5) is 2.32. The van der Waals surface area contributed by atoms with Crippen LogP contribution in [0.1, 0.15) is 5.56 Å². The second-order valence-corrected chi connectivity index (χ2v) is 14.5. The summed E-state index contributed by atoms with van der Waals surface area (Å²) in [6.45, 7) is 0. The normalized spacial score (nSPS) is 11.1. The molecule has 0 bridgehead atoms. The molecule has 0 aliphatic carbocycles. The van der Waals surface area contributed by atoms with Gasteiger partial charge in [0.2, 0.25) is 0 Å². The minimum absolute atomic E-state index is 0.666. The number of anilines is 3. The van der Waals surface area contributed by atoms with E-state index in [1.807, 2.05) is 24.3 Å². The summed E-state index contributed by atoms with van der Waals surface area (Å²) in [6, 6.07) is 81.8. The van der Waals surface area contributed by atoms with Crippen LogP contribution in [0.15, 0.2) is 224 Å². The monoisotopic (exact) mass is 739 g/mol. The molecule has 0 amide bonds. The van der Waals surface area contributed by atoms with E-state index in [9.17, 15) is 5.26 Å². The van der Waals surface area contributed by atoms with Gasteiger partial charge in [-0.1, -0.05) is 152 Å².